The Morgan fingerprint density at radius 1 is 1.12 bits per heavy atom. The smallest absolute Gasteiger partial charge is 0.317 e. The first-order valence-corrected chi connectivity index (χ1v) is 9.71. The van der Waals surface area contributed by atoms with E-state index in [1.807, 2.05) is 23.1 Å². The molecule has 2 aliphatic rings. The summed E-state index contributed by atoms with van der Waals surface area (Å²) in [6.45, 7) is 6.86. The van der Waals surface area contributed by atoms with Gasteiger partial charge in [0.25, 0.3) is 0 Å². The van der Waals surface area contributed by atoms with Crippen LogP contribution in [0.5, 0.6) is 0 Å². The minimum absolute atomic E-state index is 0.102. The zero-order valence-corrected chi connectivity index (χ0v) is 15.5. The molecule has 1 N–H and O–H groups in total. The Balaban J connectivity index is 1.56. The Bertz CT molecular complexity index is 522. The monoisotopic (exact) mass is 344 g/mol. The van der Waals surface area contributed by atoms with Crippen molar-refractivity contribution in [3.05, 3.63) is 35.9 Å². The summed E-state index contributed by atoms with van der Waals surface area (Å²) in [6, 6.07) is 10.8. The molecule has 0 spiro atoms. The van der Waals surface area contributed by atoms with E-state index in [1.165, 1.54) is 18.4 Å². The number of benzene rings is 1. The van der Waals surface area contributed by atoms with Crippen LogP contribution in [-0.2, 0) is 6.54 Å². The van der Waals surface area contributed by atoms with Crippen LogP contribution < -0.4 is 5.32 Å². The third kappa shape index (κ3) is 5.72. The zero-order chi connectivity index (χ0) is 17.5. The van der Waals surface area contributed by atoms with Gasteiger partial charge in [0.15, 0.2) is 0 Å². The summed E-state index contributed by atoms with van der Waals surface area (Å²) in [5, 5.41) is 3.25. The van der Waals surface area contributed by atoms with Crippen LogP contribution >= 0.6 is 0 Å². The van der Waals surface area contributed by atoms with Gasteiger partial charge < -0.3 is 15.1 Å². The molecule has 138 valence electrons. The number of hydrogen-bond donors (Lipinski definition) is 1. The highest BCUT2D eigenvalue weighted by atomic mass is 16.2. The maximum Gasteiger partial charge on any atom is 0.317 e. The van der Waals surface area contributed by atoms with E-state index < -0.39 is 0 Å². The van der Waals surface area contributed by atoms with Crippen molar-refractivity contribution in [3.63, 3.8) is 0 Å². The number of rotatable bonds is 6. The Morgan fingerprint density at radius 3 is 2.48 bits per heavy atom. The molecule has 2 amide bonds. The van der Waals surface area contributed by atoms with Gasteiger partial charge in [0.2, 0.25) is 0 Å². The molecule has 25 heavy (non-hydrogen) atoms. The molecule has 0 radical (unpaired) electrons. The summed E-state index contributed by atoms with van der Waals surface area (Å²) < 4.78 is 0. The van der Waals surface area contributed by atoms with Gasteiger partial charge >= 0.3 is 6.03 Å². The Morgan fingerprint density at radius 2 is 1.80 bits per heavy atom. The first-order valence-electron chi connectivity index (χ1n) is 9.71. The third-order valence-electron chi connectivity index (χ3n) is 5.47. The minimum Gasteiger partial charge on any atom is -0.335 e. The quantitative estimate of drug-likeness (QED) is 0.861. The molecule has 2 fully saturated rings. The normalized spacial score (nSPS) is 19.9. The molecule has 1 saturated heterocycles. The molecule has 5 nitrogen and oxygen atoms in total. The predicted octanol–water partition coefficient (Wildman–Crippen LogP) is 2.39. The van der Waals surface area contributed by atoms with Gasteiger partial charge in [-0.2, -0.15) is 0 Å². The second-order valence-corrected chi connectivity index (χ2v) is 7.48. The second kappa shape index (κ2) is 9.20. The number of nitrogens with zero attached hydrogens (tertiary/aromatic N) is 3. The lowest BCUT2D eigenvalue weighted by Crippen LogP contribution is -2.49. The van der Waals surface area contributed by atoms with Gasteiger partial charge in [0.05, 0.1) is 0 Å². The van der Waals surface area contributed by atoms with Crippen molar-refractivity contribution in [2.75, 3.05) is 46.3 Å². The first-order chi connectivity index (χ1) is 12.2. The van der Waals surface area contributed by atoms with Crippen molar-refractivity contribution >= 4 is 6.03 Å². The molecular weight excluding hydrogens is 312 g/mol. The highest BCUT2D eigenvalue weighted by Crippen LogP contribution is 2.18. The average Bonchev–Trinajstić information content (AvgIpc) is 3.14. The van der Waals surface area contributed by atoms with Crippen LogP contribution in [0.2, 0.25) is 0 Å². The van der Waals surface area contributed by atoms with Gasteiger partial charge in [-0.15, -0.1) is 0 Å². The van der Waals surface area contributed by atoms with Crippen LogP contribution in [0.25, 0.3) is 0 Å². The molecule has 5 heteroatoms. The fourth-order valence-electron chi connectivity index (χ4n) is 3.73. The van der Waals surface area contributed by atoms with E-state index in [9.17, 15) is 4.79 Å². The van der Waals surface area contributed by atoms with Crippen molar-refractivity contribution in [1.29, 1.82) is 0 Å². The van der Waals surface area contributed by atoms with Gasteiger partial charge in [-0.1, -0.05) is 43.2 Å². The van der Waals surface area contributed by atoms with Crippen LogP contribution in [0.4, 0.5) is 4.79 Å². The number of piperazine rings is 1. The maximum atomic E-state index is 12.8. The van der Waals surface area contributed by atoms with Gasteiger partial charge in [-0.05, 0) is 25.5 Å². The highest BCUT2D eigenvalue weighted by molar-refractivity contribution is 5.74. The van der Waals surface area contributed by atoms with Crippen molar-refractivity contribution in [1.82, 2.24) is 20.0 Å². The number of likely N-dealkylation sites (N-methyl/N-ethyl adjacent to an activating group) is 1. The number of hydrogen-bond acceptors (Lipinski definition) is 3. The maximum absolute atomic E-state index is 12.8. The molecule has 1 aromatic carbocycles. The summed E-state index contributed by atoms with van der Waals surface area (Å²) >= 11 is 0. The van der Waals surface area contributed by atoms with Crippen LogP contribution in [0, 0.1) is 0 Å². The highest BCUT2D eigenvalue weighted by Gasteiger charge is 2.22. The molecule has 1 aliphatic heterocycles. The van der Waals surface area contributed by atoms with Crippen LogP contribution in [0.1, 0.15) is 31.2 Å². The fourth-order valence-corrected chi connectivity index (χ4v) is 3.73. The van der Waals surface area contributed by atoms with Gasteiger partial charge in [-0.25, -0.2) is 4.79 Å². The molecule has 0 unspecified atom stereocenters. The summed E-state index contributed by atoms with van der Waals surface area (Å²) in [6.07, 6.45) is 4.74. The van der Waals surface area contributed by atoms with Crippen molar-refractivity contribution in [2.24, 2.45) is 0 Å². The average molecular weight is 345 g/mol. The Hall–Kier alpha value is -1.59. The lowest BCUT2D eigenvalue weighted by atomic mass is 10.2. The van der Waals surface area contributed by atoms with Crippen molar-refractivity contribution < 1.29 is 4.79 Å². The second-order valence-electron chi connectivity index (χ2n) is 7.48. The number of urea groups is 1. The summed E-state index contributed by atoms with van der Waals surface area (Å²) in [7, 11) is 2.17. The van der Waals surface area contributed by atoms with Crippen LogP contribution in [-0.4, -0.2) is 73.1 Å². The van der Waals surface area contributed by atoms with E-state index in [0.29, 0.717) is 12.6 Å². The van der Waals surface area contributed by atoms with Crippen molar-refractivity contribution in [2.45, 2.75) is 38.3 Å². The number of carbonyl (C=O) groups excluding carboxylic acids is 1. The van der Waals surface area contributed by atoms with E-state index in [1.54, 1.807) is 0 Å². The summed E-state index contributed by atoms with van der Waals surface area (Å²) in [4.78, 5) is 19.6. The molecule has 0 bridgehead atoms. The lowest BCUT2D eigenvalue weighted by molar-refractivity contribution is 0.135. The Kier molecular flexibility index (Phi) is 6.70. The molecule has 0 aromatic heterocycles. The number of carbonyl (C=O) groups is 1. The van der Waals surface area contributed by atoms with Crippen LogP contribution in [0.15, 0.2) is 30.3 Å². The fraction of sp³-hybridized carbons (Fsp3) is 0.650. The summed E-state index contributed by atoms with van der Waals surface area (Å²) in [5.74, 6) is 0. The molecule has 1 saturated carbocycles. The van der Waals surface area contributed by atoms with E-state index in [0.717, 1.165) is 52.1 Å². The standard InChI is InChI=1S/C20H32N4O/c1-22-11-13-23(14-12-22)15-16-24(17-18-7-3-2-4-8-18)20(25)21-19-9-5-6-10-19/h2-4,7-8,19H,5-6,9-17H2,1H3,(H,21,25). The van der Waals surface area contributed by atoms with E-state index in [-0.39, 0.29) is 6.03 Å². The lowest BCUT2D eigenvalue weighted by Gasteiger charge is -2.34. The van der Waals surface area contributed by atoms with Gasteiger partial charge in [0.1, 0.15) is 0 Å². The van der Waals surface area contributed by atoms with Gasteiger partial charge in [-0.3, -0.25) is 4.90 Å². The van der Waals surface area contributed by atoms with Crippen molar-refractivity contribution in [3.8, 4) is 0 Å². The molecule has 0 atom stereocenters. The minimum atomic E-state index is 0.102. The topological polar surface area (TPSA) is 38.8 Å². The number of nitrogens with one attached hydrogen (secondary N) is 1. The molecular formula is C20H32N4O. The van der Waals surface area contributed by atoms with E-state index in [2.05, 4.69) is 34.3 Å². The third-order valence-corrected chi connectivity index (χ3v) is 5.47. The molecule has 3 rings (SSSR count). The SMILES string of the molecule is CN1CCN(CCN(Cc2ccccc2)C(=O)NC2CCCC2)CC1. The summed E-state index contributed by atoms with van der Waals surface area (Å²) in [5.41, 5.74) is 1.20. The first kappa shape index (κ1) is 18.2. The predicted molar refractivity (Wildman–Crippen MR) is 102 cm³/mol. The van der Waals surface area contributed by atoms with Crippen LogP contribution in [0.3, 0.4) is 0 Å². The zero-order valence-electron chi connectivity index (χ0n) is 15.5. The van der Waals surface area contributed by atoms with E-state index >= 15 is 0 Å². The van der Waals surface area contributed by atoms with E-state index in [4.69, 9.17) is 0 Å². The number of amides is 2. The molecule has 1 aromatic rings. The van der Waals surface area contributed by atoms with Gasteiger partial charge in [0, 0.05) is 51.9 Å². The largest absolute Gasteiger partial charge is 0.335 e. The molecule has 1 aliphatic carbocycles. The Labute approximate surface area is 152 Å². The molecule has 1 heterocycles.